The first-order valence-corrected chi connectivity index (χ1v) is 39.1. The first-order valence-electron chi connectivity index (χ1n) is 38.7. The molecule has 0 unspecified atom stereocenters. The summed E-state index contributed by atoms with van der Waals surface area (Å²) in [7, 11) is 1.60. The van der Waals surface area contributed by atoms with Crippen molar-refractivity contribution < 1.29 is 31.8 Å². The van der Waals surface area contributed by atoms with Gasteiger partial charge in [0.05, 0.1) is 59.9 Å². The number of benzene rings is 6. The van der Waals surface area contributed by atoms with Crippen LogP contribution in [0, 0.1) is 23.3 Å². The van der Waals surface area contributed by atoms with Crippen LogP contribution in [-0.2, 0) is 4.74 Å². The molecule has 123 heavy (non-hydrogen) atoms. The smallest absolute Gasteiger partial charge is 0.160 e. The number of nitrogen functional groups attached to an aromatic ring is 3. The number of nitrogens with two attached hydrogens (primary N) is 3. The molecule has 6 N–H and O–H groups in total. The highest BCUT2D eigenvalue weighted by Gasteiger charge is 2.24. The van der Waals surface area contributed by atoms with E-state index in [1.165, 1.54) is 49.1 Å². The molecule has 0 bridgehead atoms. The third-order valence-corrected chi connectivity index (χ3v) is 21.2. The molecular weight excluding hydrogens is 1580 g/mol. The molecule has 15 heterocycles. The van der Waals surface area contributed by atoms with E-state index < -0.39 is 5.82 Å². The van der Waals surface area contributed by atoms with E-state index in [-0.39, 0.29) is 23.0 Å². The second kappa shape index (κ2) is 34.7. The van der Waals surface area contributed by atoms with Crippen LogP contribution in [0.5, 0.6) is 11.5 Å². The number of aromatic nitrogens is 16. The predicted octanol–water partition coefficient (Wildman–Crippen LogP) is 19.3. The standard InChI is InChI=1S/C29H25FN4O2.C24H17FN4O.C21H12ClFN6.C21H13FN6/c30-26-6-2-1-4-23(26)27-18-24(22-5-3-10-32-29(22)33-27)20-7-8-28(25-19-31-11-9-21(20)25)36-17-14-34-12-15-35-16-13-34;1-30-21-9-8-14(15-10-12-27-23(26)22(15)21)18-13-20(17-5-2-3-7-19(17)25)29-24-16(18)6-4-11-28-24;22-11-3-4-16(23)15(8-11)17-9-14(12-2-1-6-26-21(12)29-17)18-13-5-7-25-20(24)19(13)28-10-27-18;22-16-6-2-1-4-13(16)17-10-15(12-5-3-8-25-21(12)28-17)18-14-7-9-24-20(23)19(14)27-11-26-18/h1-11,18-19H,12-17H2;2-13H,1H3,(H2,26,27);1-10H,(H2,24,25);1-11H,(H2,23,24). The predicted molar refractivity (Wildman–Crippen MR) is 471 cm³/mol. The summed E-state index contributed by atoms with van der Waals surface area (Å²) < 4.78 is 75.3. The Morgan fingerprint density at radius 2 is 0.780 bits per heavy atom. The average molecular weight is 1650 g/mol. The van der Waals surface area contributed by atoms with Crippen LogP contribution in [0.3, 0.4) is 0 Å². The van der Waals surface area contributed by atoms with Crippen LogP contribution in [0.15, 0.2) is 281 Å². The molecule has 1 aliphatic rings. The van der Waals surface area contributed by atoms with E-state index in [0.717, 1.165) is 126 Å². The number of nitrogens with zero attached hydrogens (tertiary/aromatic N) is 17. The largest absolute Gasteiger partial charge is 0.496 e. The maximum absolute atomic E-state index is 14.7. The van der Waals surface area contributed by atoms with Gasteiger partial charge in [-0.25, -0.2) is 92.3 Å². The van der Waals surface area contributed by atoms with Crippen molar-refractivity contribution in [2.24, 2.45) is 0 Å². The first-order chi connectivity index (χ1) is 60.3. The minimum Gasteiger partial charge on any atom is -0.496 e. The molecule has 6 aromatic carbocycles. The van der Waals surface area contributed by atoms with E-state index >= 15 is 0 Å². The second-order valence-electron chi connectivity index (χ2n) is 28.2. The Morgan fingerprint density at radius 3 is 1.27 bits per heavy atom. The van der Waals surface area contributed by atoms with Gasteiger partial charge >= 0.3 is 0 Å². The molecule has 20 aromatic rings. The number of anilines is 3. The van der Waals surface area contributed by atoms with Crippen molar-refractivity contribution in [1.29, 1.82) is 0 Å². The number of hydrogen-bond acceptors (Lipinski definition) is 23. The molecule has 1 aliphatic heterocycles. The summed E-state index contributed by atoms with van der Waals surface area (Å²) in [5.41, 5.74) is 31.3. The lowest BCUT2D eigenvalue weighted by atomic mass is 9.95. The van der Waals surface area contributed by atoms with Gasteiger partial charge in [-0.2, -0.15) is 0 Å². The van der Waals surface area contributed by atoms with Crippen molar-refractivity contribution >= 4 is 117 Å². The lowest BCUT2D eigenvalue weighted by Crippen LogP contribution is -2.38. The molecule has 600 valence electrons. The summed E-state index contributed by atoms with van der Waals surface area (Å²) in [6.07, 6.45) is 18.1. The van der Waals surface area contributed by atoms with E-state index in [2.05, 4.69) is 90.7 Å². The zero-order valence-corrected chi connectivity index (χ0v) is 66.0. The van der Waals surface area contributed by atoms with Crippen LogP contribution in [-0.4, -0.2) is 131 Å². The minimum atomic E-state index is -0.427. The second-order valence-corrected chi connectivity index (χ2v) is 28.6. The van der Waals surface area contributed by atoms with Crippen LogP contribution in [0.25, 0.3) is 177 Å². The van der Waals surface area contributed by atoms with Gasteiger partial charge in [0, 0.05) is 152 Å². The van der Waals surface area contributed by atoms with Crippen molar-refractivity contribution in [2.75, 3.05) is 63.8 Å². The first kappa shape index (κ1) is 78.5. The molecule has 23 nitrogen and oxygen atoms in total. The number of rotatable bonds is 13. The number of halogens is 5. The van der Waals surface area contributed by atoms with Crippen LogP contribution in [0.2, 0.25) is 5.02 Å². The van der Waals surface area contributed by atoms with Gasteiger partial charge in [0.1, 0.15) is 82.5 Å². The fourth-order valence-electron chi connectivity index (χ4n) is 15.1. The Morgan fingerprint density at radius 1 is 0.358 bits per heavy atom. The summed E-state index contributed by atoms with van der Waals surface area (Å²) in [4.78, 5) is 72.6. The maximum atomic E-state index is 14.7. The Kier molecular flexibility index (Phi) is 22.1. The number of morpholine rings is 1. The lowest BCUT2D eigenvalue weighted by molar-refractivity contribution is 0.0323. The van der Waals surface area contributed by atoms with Gasteiger partial charge in [0.25, 0.3) is 0 Å². The van der Waals surface area contributed by atoms with Gasteiger partial charge in [-0.1, -0.05) is 60.1 Å². The lowest BCUT2D eigenvalue weighted by Gasteiger charge is -2.26. The van der Waals surface area contributed by atoms with Crippen LogP contribution >= 0.6 is 11.6 Å². The number of methoxy groups -OCH3 is 1. The van der Waals surface area contributed by atoms with E-state index in [0.29, 0.717) is 119 Å². The highest BCUT2D eigenvalue weighted by molar-refractivity contribution is 6.31. The van der Waals surface area contributed by atoms with E-state index in [1.807, 2.05) is 115 Å². The topological polar surface area (TPSA) is 315 Å². The average Bonchev–Trinajstić information content (AvgIpc) is 0.675. The molecule has 0 radical (unpaired) electrons. The van der Waals surface area contributed by atoms with Gasteiger partial charge in [0.15, 0.2) is 22.6 Å². The Hall–Kier alpha value is -15.7. The molecular formula is C95H67ClF4N20O3. The van der Waals surface area contributed by atoms with E-state index in [9.17, 15) is 17.6 Å². The van der Waals surface area contributed by atoms with Crippen LogP contribution < -0.4 is 26.7 Å². The third-order valence-electron chi connectivity index (χ3n) is 20.9. The number of hydrogen-bond donors (Lipinski definition) is 3. The Bertz CT molecular complexity index is 7470. The quantitative estimate of drug-likeness (QED) is 0.0903. The highest BCUT2D eigenvalue weighted by Crippen LogP contribution is 2.44. The molecule has 1 saturated heterocycles. The summed E-state index contributed by atoms with van der Waals surface area (Å²) in [5, 5.41) is 8.79. The van der Waals surface area contributed by atoms with Gasteiger partial charge < -0.3 is 31.4 Å². The summed E-state index contributed by atoms with van der Waals surface area (Å²) >= 11 is 6.09. The molecule has 1 fully saturated rings. The Labute approximate surface area is 703 Å². The monoisotopic (exact) mass is 1650 g/mol. The SMILES string of the molecule is COc1ccc(-c2cc(-c3ccccc3F)nc3ncccc23)c2ccnc(N)c12.Fc1ccccc1-c1cc(-c2ccc(OCCN3CCOCC3)c3cnccc23)c2cccnc2n1.Nc1nccc2c(-c3cc(-c4cc(Cl)ccc4F)nc4ncccc34)ncnc12.Nc1nccc2c(-c3cc(-c4ccccc4F)nc4ncccc34)ncnc12. The van der Waals surface area contributed by atoms with Gasteiger partial charge in [-0.15, -0.1) is 0 Å². The fraction of sp³-hybridized carbons (Fsp3) is 0.0737. The van der Waals surface area contributed by atoms with Crippen molar-refractivity contribution in [3.63, 3.8) is 0 Å². The van der Waals surface area contributed by atoms with Gasteiger partial charge in [-0.3, -0.25) is 9.88 Å². The van der Waals surface area contributed by atoms with Crippen molar-refractivity contribution in [3.8, 4) is 101 Å². The Balaban J connectivity index is 0.000000112. The number of pyridine rings is 12. The highest BCUT2D eigenvalue weighted by atomic mass is 35.5. The molecule has 28 heteroatoms. The minimum absolute atomic E-state index is 0.283. The van der Waals surface area contributed by atoms with Crippen LogP contribution in [0.1, 0.15) is 0 Å². The molecule has 0 atom stereocenters. The normalized spacial score (nSPS) is 12.1. The van der Waals surface area contributed by atoms with Gasteiger partial charge in [0.2, 0.25) is 0 Å². The van der Waals surface area contributed by atoms with E-state index in [4.69, 9.17) is 43.0 Å². The number of fused-ring (bicyclic) bond motifs is 8. The van der Waals surface area contributed by atoms with E-state index in [1.54, 1.807) is 117 Å². The molecule has 0 saturated carbocycles. The summed E-state index contributed by atoms with van der Waals surface area (Å²) in [6, 6.07) is 62.1. The third kappa shape index (κ3) is 15.9. The fourth-order valence-corrected chi connectivity index (χ4v) is 15.3. The van der Waals surface area contributed by atoms with Crippen molar-refractivity contribution in [1.82, 2.24) is 84.6 Å². The summed E-state index contributed by atoms with van der Waals surface area (Å²) in [5.74, 6) is 1.03. The maximum Gasteiger partial charge on any atom is 0.160 e. The van der Waals surface area contributed by atoms with Gasteiger partial charge in [-0.05, 0) is 197 Å². The molecule has 21 rings (SSSR count). The van der Waals surface area contributed by atoms with Crippen molar-refractivity contribution in [3.05, 3.63) is 309 Å². The zero-order chi connectivity index (χ0) is 84.0. The molecule has 14 aromatic heterocycles. The zero-order valence-electron chi connectivity index (χ0n) is 65.3. The van der Waals surface area contributed by atoms with Crippen LogP contribution in [0.4, 0.5) is 35.0 Å². The molecule has 0 amide bonds. The van der Waals surface area contributed by atoms with Crippen molar-refractivity contribution in [2.45, 2.75) is 0 Å². The summed E-state index contributed by atoms with van der Waals surface area (Å²) in [6.45, 7) is 4.83. The number of ether oxygens (including phenoxy) is 3. The molecule has 0 spiro atoms. The molecule has 0 aliphatic carbocycles.